The summed E-state index contributed by atoms with van der Waals surface area (Å²) < 4.78 is 27.3. The summed E-state index contributed by atoms with van der Waals surface area (Å²) in [4.78, 5) is 12.9. The molecule has 1 heterocycles. The van der Waals surface area contributed by atoms with Gasteiger partial charge >= 0.3 is 0 Å². The molecule has 1 amide bonds. The molecule has 2 aromatic rings. The van der Waals surface area contributed by atoms with E-state index in [4.69, 9.17) is 11.6 Å². The number of rotatable bonds is 8. The van der Waals surface area contributed by atoms with E-state index in [2.05, 4.69) is 5.32 Å². The Labute approximate surface area is 188 Å². The zero-order chi connectivity index (χ0) is 21.6. The molecule has 8 heteroatoms. The van der Waals surface area contributed by atoms with Crippen molar-refractivity contribution in [2.45, 2.75) is 30.4 Å². The fourth-order valence-corrected chi connectivity index (χ4v) is 5.98. The average Bonchev–Trinajstić information content (AvgIpc) is 2.74. The van der Waals surface area contributed by atoms with Crippen molar-refractivity contribution in [3.8, 4) is 0 Å². The summed E-state index contributed by atoms with van der Waals surface area (Å²) in [6, 6.07) is 14.6. The van der Waals surface area contributed by atoms with Crippen molar-refractivity contribution in [3.05, 3.63) is 64.7 Å². The zero-order valence-corrected chi connectivity index (χ0v) is 19.4. The van der Waals surface area contributed by atoms with E-state index in [0.29, 0.717) is 25.9 Å². The normalized spacial score (nSPS) is 17.6. The van der Waals surface area contributed by atoms with Crippen molar-refractivity contribution in [2.75, 3.05) is 25.4 Å². The van der Waals surface area contributed by atoms with Gasteiger partial charge in [-0.25, -0.2) is 8.42 Å². The molecule has 1 saturated heterocycles. The number of aryl methyl sites for hydroxylation is 1. The van der Waals surface area contributed by atoms with Crippen LogP contribution < -0.4 is 5.32 Å². The Morgan fingerprint density at radius 1 is 1.23 bits per heavy atom. The summed E-state index contributed by atoms with van der Waals surface area (Å²) >= 11 is 7.72. The molecule has 1 aliphatic heterocycles. The van der Waals surface area contributed by atoms with E-state index in [-0.39, 0.29) is 23.3 Å². The molecule has 0 bridgehead atoms. The molecule has 1 fully saturated rings. The number of sulfonamides is 1. The number of benzene rings is 2. The molecule has 0 aliphatic carbocycles. The molecule has 0 spiro atoms. The fraction of sp³-hybridized carbons (Fsp3) is 0.409. The largest absolute Gasteiger partial charge is 0.355 e. The topological polar surface area (TPSA) is 66.5 Å². The van der Waals surface area contributed by atoms with Crippen molar-refractivity contribution in [1.82, 2.24) is 9.62 Å². The van der Waals surface area contributed by atoms with Gasteiger partial charge < -0.3 is 5.32 Å². The van der Waals surface area contributed by atoms with Gasteiger partial charge in [0.05, 0.1) is 10.8 Å². The van der Waals surface area contributed by atoms with Crippen LogP contribution in [0.1, 0.15) is 24.0 Å². The van der Waals surface area contributed by atoms with Crippen LogP contribution in [-0.2, 0) is 20.6 Å². The van der Waals surface area contributed by atoms with E-state index in [9.17, 15) is 13.2 Å². The lowest BCUT2D eigenvalue weighted by molar-refractivity contribution is -0.125. The molecule has 0 aromatic heterocycles. The highest BCUT2D eigenvalue weighted by Crippen LogP contribution is 2.24. The van der Waals surface area contributed by atoms with Gasteiger partial charge in [-0.2, -0.15) is 16.1 Å². The first-order valence-corrected chi connectivity index (χ1v) is 13.0. The van der Waals surface area contributed by atoms with Crippen LogP contribution in [0.25, 0.3) is 0 Å². The van der Waals surface area contributed by atoms with Gasteiger partial charge in [0.25, 0.3) is 0 Å². The SMILES string of the molecule is Cc1ccc(S(=O)(=O)N2CCC[C@H](C(=O)NCCSCc3cccc(Cl)c3)C2)cc1. The molecular weight excluding hydrogens is 440 g/mol. The highest BCUT2D eigenvalue weighted by Gasteiger charge is 2.33. The number of thioether (sulfide) groups is 1. The molecule has 1 N–H and O–H groups in total. The van der Waals surface area contributed by atoms with Gasteiger partial charge in [0.15, 0.2) is 0 Å². The second-order valence-electron chi connectivity index (χ2n) is 7.49. The molecule has 5 nitrogen and oxygen atoms in total. The first-order valence-electron chi connectivity index (χ1n) is 10.0. The molecule has 30 heavy (non-hydrogen) atoms. The van der Waals surface area contributed by atoms with Crippen LogP contribution in [0.2, 0.25) is 5.02 Å². The summed E-state index contributed by atoms with van der Waals surface area (Å²) in [6.45, 7) is 3.17. The molecule has 1 aliphatic rings. The molecule has 0 unspecified atom stereocenters. The lowest BCUT2D eigenvalue weighted by Crippen LogP contribution is -2.45. The number of carbonyl (C=O) groups is 1. The molecule has 3 rings (SSSR count). The van der Waals surface area contributed by atoms with Crippen molar-refractivity contribution in [2.24, 2.45) is 5.92 Å². The maximum absolute atomic E-state index is 12.9. The maximum atomic E-state index is 12.9. The second-order valence-corrected chi connectivity index (χ2v) is 11.0. The number of hydrogen-bond acceptors (Lipinski definition) is 4. The Bertz CT molecular complexity index is 965. The monoisotopic (exact) mass is 466 g/mol. The Kier molecular flexibility index (Phi) is 8.22. The van der Waals surface area contributed by atoms with Gasteiger partial charge in [0, 0.05) is 36.2 Å². The zero-order valence-electron chi connectivity index (χ0n) is 17.0. The third kappa shape index (κ3) is 6.23. The van der Waals surface area contributed by atoms with E-state index in [1.54, 1.807) is 36.0 Å². The number of carbonyl (C=O) groups excluding carboxylic acids is 1. The smallest absolute Gasteiger partial charge is 0.243 e. The number of piperidine rings is 1. The standard InChI is InChI=1S/C22H27ClN2O3S2/c1-17-7-9-21(10-8-17)30(27,28)25-12-3-5-19(15-25)22(26)24-11-13-29-16-18-4-2-6-20(23)14-18/h2,4,6-10,14,19H,3,5,11-13,15-16H2,1H3,(H,24,26)/t19-/m0/s1. The minimum Gasteiger partial charge on any atom is -0.355 e. The van der Waals surface area contributed by atoms with Crippen LogP contribution in [0.4, 0.5) is 0 Å². The quantitative estimate of drug-likeness (QED) is 0.595. The van der Waals surface area contributed by atoms with Gasteiger partial charge in [0.1, 0.15) is 0 Å². The van der Waals surface area contributed by atoms with Crippen LogP contribution in [0, 0.1) is 12.8 Å². The van der Waals surface area contributed by atoms with Gasteiger partial charge in [-0.1, -0.05) is 41.4 Å². The first kappa shape index (κ1) is 23.1. The molecule has 1 atom stereocenters. The van der Waals surface area contributed by atoms with Gasteiger partial charge in [-0.05, 0) is 49.6 Å². The molecular formula is C22H27ClN2O3S2. The van der Waals surface area contributed by atoms with Crippen LogP contribution in [0.3, 0.4) is 0 Å². The molecule has 162 valence electrons. The number of hydrogen-bond donors (Lipinski definition) is 1. The molecule has 0 radical (unpaired) electrons. The van der Waals surface area contributed by atoms with E-state index < -0.39 is 10.0 Å². The minimum atomic E-state index is -3.57. The van der Waals surface area contributed by atoms with Crippen molar-refractivity contribution in [1.29, 1.82) is 0 Å². The summed E-state index contributed by atoms with van der Waals surface area (Å²) in [6.07, 6.45) is 1.40. The Hall–Kier alpha value is -1.54. The van der Waals surface area contributed by atoms with E-state index >= 15 is 0 Å². The van der Waals surface area contributed by atoms with E-state index in [0.717, 1.165) is 27.7 Å². The Morgan fingerprint density at radius 3 is 2.73 bits per heavy atom. The number of amides is 1. The van der Waals surface area contributed by atoms with Gasteiger partial charge in [-0.3, -0.25) is 4.79 Å². The minimum absolute atomic E-state index is 0.0674. The highest BCUT2D eigenvalue weighted by atomic mass is 35.5. The van der Waals surface area contributed by atoms with Crippen LogP contribution in [0.5, 0.6) is 0 Å². The Balaban J connectivity index is 1.46. The average molecular weight is 467 g/mol. The third-order valence-electron chi connectivity index (χ3n) is 5.12. The van der Waals surface area contributed by atoms with Crippen LogP contribution >= 0.6 is 23.4 Å². The van der Waals surface area contributed by atoms with Crippen molar-refractivity contribution in [3.63, 3.8) is 0 Å². The number of nitrogens with one attached hydrogen (secondary N) is 1. The first-order chi connectivity index (χ1) is 14.4. The highest BCUT2D eigenvalue weighted by molar-refractivity contribution is 7.98. The fourth-order valence-electron chi connectivity index (χ4n) is 3.44. The lowest BCUT2D eigenvalue weighted by Gasteiger charge is -2.31. The molecule has 0 saturated carbocycles. The van der Waals surface area contributed by atoms with Crippen molar-refractivity contribution >= 4 is 39.3 Å². The van der Waals surface area contributed by atoms with Crippen molar-refractivity contribution < 1.29 is 13.2 Å². The van der Waals surface area contributed by atoms with Crippen LogP contribution in [-0.4, -0.2) is 44.0 Å². The lowest BCUT2D eigenvalue weighted by atomic mass is 9.99. The summed E-state index contributed by atoms with van der Waals surface area (Å²) in [5.41, 5.74) is 2.17. The third-order valence-corrected chi connectivity index (χ3v) is 8.26. The maximum Gasteiger partial charge on any atom is 0.243 e. The second kappa shape index (κ2) is 10.7. The number of nitrogens with zero attached hydrogens (tertiary/aromatic N) is 1. The van der Waals surface area contributed by atoms with Gasteiger partial charge in [0.2, 0.25) is 15.9 Å². The number of halogens is 1. The molecule has 2 aromatic carbocycles. The van der Waals surface area contributed by atoms with E-state index in [1.807, 2.05) is 31.2 Å². The summed E-state index contributed by atoms with van der Waals surface area (Å²) in [5, 5.41) is 3.69. The predicted octanol–water partition coefficient (Wildman–Crippen LogP) is 4.10. The van der Waals surface area contributed by atoms with Crippen LogP contribution in [0.15, 0.2) is 53.4 Å². The van der Waals surface area contributed by atoms with E-state index in [1.165, 1.54) is 4.31 Å². The predicted molar refractivity (Wildman–Crippen MR) is 123 cm³/mol. The summed E-state index contributed by atoms with van der Waals surface area (Å²) in [7, 11) is -3.57. The Morgan fingerprint density at radius 2 is 2.00 bits per heavy atom. The van der Waals surface area contributed by atoms with Gasteiger partial charge in [-0.15, -0.1) is 0 Å². The summed E-state index contributed by atoms with van der Waals surface area (Å²) in [5.74, 6) is 1.25.